The van der Waals surface area contributed by atoms with E-state index in [1.54, 1.807) is 7.11 Å². The van der Waals surface area contributed by atoms with Crippen molar-refractivity contribution in [2.24, 2.45) is 0 Å². The van der Waals surface area contributed by atoms with E-state index in [2.05, 4.69) is 12.2 Å². The summed E-state index contributed by atoms with van der Waals surface area (Å²) in [7, 11) is 1.59. The number of carbonyl (C=O) groups is 2. The van der Waals surface area contributed by atoms with Crippen molar-refractivity contribution >= 4 is 11.9 Å². The molecule has 0 aromatic rings. The molecule has 0 bridgehead atoms. The predicted octanol–water partition coefficient (Wildman–Crippen LogP) is 4.73. The van der Waals surface area contributed by atoms with Crippen molar-refractivity contribution in [1.29, 1.82) is 0 Å². The van der Waals surface area contributed by atoms with Crippen LogP contribution in [0.3, 0.4) is 0 Å². The molecule has 0 saturated carbocycles. The van der Waals surface area contributed by atoms with Crippen molar-refractivity contribution in [2.75, 3.05) is 33.5 Å². The Kier molecular flexibility index (Phi) is 21.8. The summed E-state index contributed by atoms with van der Waals surface area (Å²) in [5.41, 5.74) is 0. The summed E-state index contributed by atoms with van der Waals surface area (Å²) < 4.78 is 14.7. The molecule has 0 amide bonds. The third-order valence-corrected chi connectivity index (χ3v) is 4.57. The van der Waals surface area contributed by atoms with Crippen molar-refractivity contribution in [2.45, 2.75) is 89.9 Å². The first-order valence-electron chi connectivity index (χ1n) is 11.3. The largest absolute Gasteiger partial charge is 0.463 e. The van der Waals surface area contributed by atoms with E-state index in [-0.39, 0.29) is 25.2 Å². The summed E-state index contributed by atoms with van der Waals surface area (Å²) in [6.07, 6.45) is 18.9. The molecule has 0 spiro atoms. The molecule has 0 aromatic heterocycles. The fraction of sp³-hybridized carbons (Fsp3) is 0.826. The fourth-order valence-electron chi connectivity index (χ4n) is 2.90. The Labute approximate surface area is 177 Å². The van der Waals surface area contributed by atoms with Gasteiger partial charge in [-0.15, -0.1) is 0 Å². The summed E-state index contributed by atoms with van der Waals surface area (Å²) in [5, 5.41) is 8.56. The van der Waals surface area contributed by atoms with Crippen LogP contribution >= 0.6 is 0 Å². The van der Waals surface area contributed by atoms with Gasteiger partial charge in [0.1, 0.15) is 13.2 Å². The molecule has 0 aliphatic heterocycles. The summed E-state index contributed by atoms with van der Waals surface area (Å²) >= 11 is 0. The number of carbonyl (C=O) groups excluding carboxylic acids is 2. The van der Waals surface area contributed by atoms with Gasteiger partial charge in [0.2, 0.25) is 0 Å². The number of allylic oxidation sites excluding steroid dienone is 2. The Bertz CT molecular complexity index is 408. The third kappa shape index (κ3) is 22.8. The molecular weight excluding hydrogens is 372 g/mol. The number of unbranched alkanes of at least 4 members (excludes halogenated alkanes) is 10. The maximum absolute atomic E-state index is 11.4. The molecule has 0 aromatic carbocycles. The van der Waals surface area contributed by atoms with Crippen LogP contribution in [0, 0.1) is 0 Å². The summed E-state index contributed by atoms with van der Waals surface area (Å²) in [6.45, 7) is 0.818. The highest BCUT2D eigenvalue weighted by molar-refractivity contribution is 5.69. The zero-order valence-electron chi connectivity index (χ0n) is 18.4. The van der Waals surface area contributed by atoms with Crippen LogP contribution < -0.4 is 0 Å². The number of aliphatic hydroxyl groups excluding tert-OH is 1. The lowest BCUT2D eigenvalue weighted by Crippen LogP contribution is -2.09. The Morgan fingerprint density at radius 1 is 0.655 bits per heavy atom. The van der Waals surface area contributed by atoms with Crippen molar-refractivity contribution in [1.82, 2.24) is 0 Å². The number of hydrogen-bond acceptors (Lipinski definition) is 6. The van der Waals surface area contributed by atoms with Gasteiger partial charge in [-0.05, 0) is 38.5 Å². The number of rotatable bonds is 21. The minimum absolute atomic E-state index is 0.104. The van der Waals surface area contributed by atoms with E-state index in [1.165, 1.54) is 32.1 Å². The summed E-state index contributed by atoms with van der Waals surface area (Å²) in [6, 6.07) is 0. The highest BCUT2D eigenvalue weighted by Crippen LogP contribution is 2.10. The molecule has 1 N–H and O–H groups in total. The van der Waals surface area contributed by atoms with Gasteiger partial charge in [-0.2, -0.15) is 0 Å². The molecule has 29 heavy (non-hydrogen) atoms. The van der Waals surface area contributed by atoms with Gasteiger partial charge in [-0.25, -0.2) is 0 Å². The van der Waals surface area contributed by atoms with Gasteiger partial charge >= 0.3 is 11.9 Å². The first kappa shape index (κ1) is 27.6. The highest BCUT2D eigenvalue weighted by Gasteiger charge is 2.02. The van der Waals surface area contributed by atoms with Crippen LogP contribution in [0.1, 0.15) is 89.9 Å². The van der Waals surface area contributed by atoms with Gasteiger partial charge in [-0.1, -0.05) is 50.7 Å². The van der Waals surface area contributed by atoms with E-state index in [9.17, 15) is 9.59 Å². The van der Waals surface area contributed by atoms with Crippen molar-refractivity contribution < 1.29 is 28.9 Å². The molecular formula is C23H42O6. The second-order valence-corrected chi connectivity index (χ2v) is 7.24. The first-order valence-corrected chi connectivity index (χ1v) is 11.3. The molecule has 0 radical (unpaired) electrons. The van der Waals surface area contributed by atoms with Crippen LogP contribution in [0.15, 0.2) is 12.2 Å². The SMILES string of the molecule is COCCOC(=O)CCCCCCC/C=C/CCCCCCCC(=O)OCCO. The lowest BCUT2D eigenvalue weighted by molar-refractivity contribution is -0.145. The molecule has 0 rings (SSSR count). The molecule has 170 valence electrons. The molecule has 0 unspecified atom stereocenters. The van der Waals surface area contributed by atoms with Crippen LogP contribution in [0.25, 0.3) is 0 Å². The van der Waals surface area contributed by atoms with Crippen LogP contribution in [-0.2, 0) is 23.8 Å². The van der Waals surface area contributed by atoms with Gasteiger partial charge in [0, 0.05) is 20.0 Å². The van der Waals surface area contributed by atoms with E-state index in [1.807, 2.05) is 0 Å². The maximum Gasteiger partial charge on any atom is 0.305 e. The average Bonchev–Trinajstić information content (AvgIpc) is 2.72. The molecule has 0 aliphatic carbocycles. The quantitative estimate of drug-likeness (QED) is 0.166. The fourth-order valence-corrected chi connectivity index (χ4v) is 2.90. The van der Waals surface area contributed by atoms with E-state index in [0.717, 1.165) is 44.9 Å². The van der Waals surface area contributed by atoms with Gasteiger partial charge in [0.15, 0.2) is 0 Å². The number of esters is 2. The average molecular weight is 415 g/mol. The zero-order valence-corrected chi connectivity index (χ0v) is 18.4. The zero-order chi connectivity index (χ0) is 21.4. The van der Waals surface area contributed by atoms with E-state index in [0.29, 0.717) is 26.1 Å². The standard InChI is InChI=1S/C23H42O6/c1-27-20-21-29-23(26)17-15-13-11-9-7-5-3-2-4-6-8-10-12-14-16-22(25)28-19-18-24/h2-3,24H,4-21H2,1H3/b3-2+. The lowest BCUT2D eigenvalue weighted by atomic mass is 10.1. The molecule has 6 nitrogen and oxygen atoms in total. The molecule has 0 fully saturated rings. The first-order chi connectivity index (χ1) is 14.2. The number of methoxy groups -OCH3 is 1. The van der Waals surface area contributed by atoms with E-state index < -0.39 is 0 Å². The minimum Gasteiger partial charge on any atom is -0.463 e. The summed E-state index contributed by atoms with van der Waals surface area (Å²) in [5.74, 6) is -0.326. The molecule has 6 heteroatoms. The van der Waals surface area contributed by atoms with E-state index in [4.69, 9.17) is 19.3 Å². The van der Waals surface area contributed by atoms with Gasteiger partial charge < -0.3 is 19.3 Å². The molecule has 0 atom stereocenters. The smallest absolute Gasteiger partial charge is 0.305 e. The Hall–Kier alpha value is -1.40. The lowest BCUT2D eigenvalue weighted by Gasteiger charge is -2.04. The number of aliphatic hydroxyl groups is 1. The van der Waals surface area contributed by atoms with Gasteiger partial charge in [0.25, 0.3) is 0 Å². The normalized spacial score (nSPS) is 11.1. The summed E-state index contributed by atoms with van der Waals surface area (Å²) in [4.78, 5) is 22.6. The van der Waals surface area contributed by atoms with Crippen LogP contribution in [0.4, 0.5) is 0 Å². The highest BCUT2D eigenvalue weighted by atomic mass is 16.6. The van der Waals surface area contributed by atoms with Gasteiger partial charge in [0.05, 0.1) is 13.2 Å². The molecule has 0 saturated heterocycles. The van der Waals surface area contributed by atoms with Crippen LogP contribution in [-0.4, -0.2) is 50.6 Å². The van der Waals surface area contributed by atoms with Crippen LogP contribution in [0.5, 0.6) is 0 Å². The second kappa shape index (κ2) is 22.9. The molecule has 0 heterocycles. The Morgan fingerprint density at radius 2 is 1.10 bits per heavy atom. The van der Waals surface area contributed by atoms with Gasteiger partial charge in [-0.3, -0.25) is 9.59 Å². The predicted molar refractivity (Wildman–Crippen MR) is 115 cm³/mol. The van der Waals surface area contributed by atoms with Crippen molar-refractivity contribution in [3.8, 4) is 0 Å². The minimum atomic E-state index is -0.206. The monoisotopic (exact) mass is 414 g/mol. The second-order valence-electron chi connectivity index (χ2n) is 7.24. The third-order valence-electron chi connectivity index (χ3n) is 4.57. The Morgan fingerprint density at radius 3 is 1.59 bits per heavy atom. The van der Waals surface area contributed by atoms with Crippen LogP contribution in [0.2, 0.25) is 0 Å². The van der Waals surface area contributed by atoms with E-state index >= 15 is 0 Å². The number of hydrogen-bond donors (Lipinski definition) is 1. The maximum atomic E-state index is 11.4. The molecule has 0 aliphatic rings. The Balaban J connectivity index is 3.23. The topological polar surface area (TPSA) is 82.1 Å². The van der Waals surface area contributed by atoms with Crippen molar-refractivity contribution in [3.63, 3.8) is 0 Å². The van der Waals surface area contributed by atoms with Crippen molar-refractivity contribution in [3.05, 3.63) is 12.2 Å². The number of ether oxygens (including phenoxy) is 3.